The Balaban J connectivity index is 1.60. The van der Waals surface area contributed by atoms with Crippen molar-refractivity contribution < 1.29 is 34.8 Å². The van der Waals surface area contributed by atoms with Gasteiger partial charge in [-0.05, 0) is 61.7 Å². The summed E-state index contributed by atoms with van der Waals surface area (Å²) in [6, 6.07) is 9.18. The summed E-state index contributed by atoms with van der Waals surface area (Å²) in [5, 5.41) is 51.2. The molecule has 1 amide bonds. The summed E-state index contributed by atoms with van der Waals surface area (Å²) in [6.45, 7) is 1.96. The molecule has 0 bridgehead atoms. The van der Waals surface area contributed by atoms with Gasteiger partial charge in [0.2, 0.25) is 5.78 Å². The molecule has 0 unspecified atom stereocenters. The van der Waals surface area contributed by atoms with Crippen LogP contribution in [0.4, 0.5) is 17.1 Å². The molecule has 5 rings (SSSR count). The second-order valence-electron chi connectivity index (χ2n) is 10.9. The van der Waals surface area contributed by atoms with E-state index < -0.39 is 52.0 Å². The van der Waals surface area contributed by atoms with Crippen molar-refractivity contribution in [2.75, 3.05) is 29.6 Å². The van der Waals surface area contributed by atoms with Gasteiger partial charge in [-0.3, -0.25) is 14.4 Å². The maximum absolute atomic E-state index is 13.8. The third-order valence-corrected chi connectivity index (χ3v) is 8.28. The van der Waals surface area contributed by atoms with E-state index >= 15 is 0 Å². The van der Waals surface area contributed by atoms with E-state index in [9.17, 15) is 34.8 Å². The average Bonchev–Trinajstić information content (AvgIpc) is 2.88. The van der Waals surface area contributed by atoms with Crippen LogP contribution in [0, 0.1) is 18.8 Å². The number of phenolic OH excluding ortho intramolecular Hbond substituents is 1. The van der Waals surface area contributed by atoms with Crippen molar-refractivity contribution in [3.05, 3.63) is 63.9 Å². The molecule has 3 aliphatic carbocycles. The lowest BCUT2D eigenvalue weighted by Crippen LogP contribution is -2.58. The number of nitrogens with zero attached hydrogens (tertiary/aromatic N) is 1. The lowest BCUT2D eigenvalue weighted by Gasteiger charge is -2.46. The highest BCUT2D eigenvalue weighted by Gasteiger charge is 2.60. The van der Waals surface area contributed by atoms with Crippen molar-refractivity contribution in [3.8, 4) is 5.75 Å². The Hall–Kier alpha value is -4.42. The topological polar surface area (TPSA) is 185 Å². The van der Waals surface area contributed by atoms with Crippen LogP contribution in [0.5, 0.6) is 5.75 Å². The normalized spacial score (nSPS) is 23.4. The van der Waals surface area contributed by atoms with Gasteiger partial charge in [-0.1, -0.05) is 17.7 Å². The van der Waals surface area contributed by atoms with E-state index in [1.165, 1.54) is 0 Å². The van der Waals surface area contributed by atoms with Crippen molar-refractivity contribution in [2.45, 2.75) is 31.8 Å². The molecule has 214 valence electrons. The zero-order valence-electron chi connectivity index (χ0n) is 22.6. The van der Waals surface area contributed by atoms with Gasteiger partial charge in [0.1, 0.15) is 22.8 Å². The minimum atomic E-state index is -2.62. The Bertz CT molecular complexity index is 1600. The molecule has 0 spiro atoms. The number of anilines is 3. The minimum absolute atomic E-state index is 0.0241. The first kappa shape index (κ1) is 28.1. The minimum Gasteiger partial charge on any atom is -0.508 e. The number of Topliss-reactive ketones (excluding diaryl/α,β-unsaturated/α-hetero) is 2. The number of aliphatic hydroxyl groups is 3. The summed E-state index contributed by atoms with van der Waals surface area (Å²) in [5.74, 6) is -6.79. The van der Waals surface area contributed by atoms with Crippen LogP contribution in [0.1, 0.15) is 29.5 Å². The Morgan fingerprint density at radius 1 is 1.10 bits per heavy atom. The molecule has 2 aromatic carbocycles. The second-order valence-corrected chi connectivity index (χ2v) is 11.3. The number of phenols is 1. The number of carbonyl (C=O) groups excluding carboxylic acids is 3. The predicted octanol–water partition coefficient (Wildman–Crippen LogP) is 2.61. The van der Waals surface area contributed by atoms with Gasteiger partial charge in [0.25, 0.3) is 5.91 Å². The fourth-order valence-electron chi connectivity index (χ4n) is 6.09. The molecular weight excluding hydrogens is 548 g/mol. The zero-order chi connectivity index (χ0) is 30.0. The van der Waals surface area contributed by atoms with Crippen LogP contribution in [0.25, 0.3) is 5.76 Å². The number of aromatic hydroxyl groups is 1. The van der Waals surface area contributed by atoms with Crippen molar-refractivity contribution in [1.29, 1.82) is 0 Å². The van der Waals surface area contributed by atoms with E-state index in [1.807, 2.05) is 31.2 Å². The third-order valence-electron chi connectivity index (χ3n) is 8.08. The number of nitrogens with one attached hydrogen (secondary N) is 2. The number of nitrogens with two attached hydrogens (primary N) is 1. The van der Waals surface area contributed by atoms with Crippen molar-refractivity contribution in [2.24, 2.45) is 17.6 Å². The zero-order valence-corrected chi connectivity index (χ0v) is 23.4. The molecule has 0 aliphatic heterocycles. The molecule has 3 atom stereocenters. The van der Waals surface area contributed by atoms with Crippen molar-refractivity contribution in [3.63, 3.8) is 0 Å². The first-order valence-corrected chi connectivity index (χ1v) is 13.3. The smallest absolute Gasteiger partial charge is 0.255 e. The standard InChI is InChI=1S/C29H30N4O7S/c1-12-4-6-15(7-5-12)31-28(41)32-17-11-18(33(2)3)16-9-13-8-14-10-19(34)22(27(30)39)26(38)29(14,40)25(37)20(13)24(36)21(16)23(17)35/h4-7,11,13-14,35-36,38,40H,8-10H2,1-3H3,(H2,30,39)(H2,31,32,41)/t13-,14+,29+/m1/s1. The van der Waals surface area contributed by atoms with E-state index in [1.54, 1.807) is 25.1 Å². The molecular formula is C29H30N4O7S. The fourth-order valence-corrected chi connectivity index (χ4v) is 6.31. The van der Waals surface area contributed by atoms with Crippen LogP contribution in [-0.4, -0.2) is 62.7 Å². The highest BCUT2D eigenvalue weighted by molar-refractivity contribution is 7.80. The van der Waals surface area contributed by atoms with Crippen LogP contribution >= 0.6 is 12.2 Å². The predicted molar refractivity (Wildman–Crippen MR) is 157 cm³/mol. The number of primary amides is 1. The van der Waals surface area contributed by atoms with Gasteiger partial charge in [0.15, 0.2) is 16.5 Å². The molecule has 3 aliphatic rings. The average molecular weight is 579 g/mol. The van der Waals surface area contributed by atoms with Crippen LogP contribution in [0.2, 0.25) is 0 Å². The molecule has 0 saturated heterocycles. The Labute approximate surface area is 241 Å². The number of carbonyl (C=O) groups is 3. The van der Waals surface area contributed by atoms with Crippen molar-refractivity contribution >= 4 is 57.6 Å². The van der Waals surface area contributed by atoms with Crippen LogP contribution in [0.15, 0.2) is 47.2 Å². The highest BCUT2D eigenvalue weighted by atomic mass is 32.1. The number of fused-ring (bicyclic) bond motifs is 3. The van der Waals surface area contributed by atoms with Gasteiger partial charge in [-0.15, -0.1) is 0 Å². The number of benzene rings is 2. The number of rotatable bonds is 4. The lowest BCUT2D eigenvalue weighted by molar-refractivity contribution is -0.147. The fraction of sp³-hybridized carbons (Fsp3) is 0.310. The number of hydrogen-bond acceptors (Lipinski definition) is 9. The van der Waals surface area contributed by atoms with Crippen LogP contribution in [0.3, 0.4) is 0 Å². The maximum Gasteiger partial charge on any atom is 0.255 e. The van der Waals surface area contributed by atoms with E-state index in [4.69, 9.17) is 18.0 Å². The molecule has 0 heterocycles. The van der Waals surface area contributed by atoms with Gasteiger partial charge < -0.3 is 41.7 Å². The number of thiocarbonyl (C=S) groups is 1. The monoisotopic (exact) mass is 578 g/mol. The Morgan fingerprint density at radius 2 is 1.76 bits per heavy atom. The SMILES string of the molecule is Cc1ccc(NC(=S)Nc2cc(N(C)C)c3c(c2O)C(O)=C2C(=O)[C@]4(O)C(O)=C(C(N)=O)C(=O)C[C@@H]4C[C@@H]2C3)cc1. The molecule has 2 aromatic rings. The summed E-state index contributed by atoms with van der Waals surface area (Å²) in [6.07, 6.45) is -0.120. The summed E-state index contributed by atoms with van der Waals surface area (Å²) in [7, 11) is 3.57. The first-order valence-electron chi connectivity index (χ1n) is 12.9. The van der Waals surface area contributed by atoms with Gasteiger partial charge in [-0.25, -0.2) is 0 Å². The number of ketones is 2. The molecule has 41 heavy (non-hydrogen) atoms. The Morgan fingerprint density at radius 3 is 2.37 bits per heavy atom. The van der Waals surface area contributed by atoms with Crippen LogP contribution < -0.4 is 21.3 Å². The number of hydrogen-bond donors (Lipinski definition) is 7. The molecule has 12 heteroatoms. The van der Waals surface area contributed by atoms with Gasteiger partial charge >= 0.3 is 0 Å². The number of aliphatic hydroxyl groups excluding tert-OH is 2. The molecule has 1 saturated carbocycles. The Kier molecular flexibility index (Phi) is 6.79. The van der Waals surface area contributed by atoms with E-state index in [0.717, 1.165) is 11.3 Å². The molecule has 11 nitrogen and oxygen atoms in total. The largest absolute Gasteiger partial charge is 0.508 e. The maximum atomic E-state index is 13.8. The summed E-state index contributed by atoms with van der Waals surface area (Å²) in [4.78, 5) is 40.0. The lowest BCUT2D eigenvalue weighted by atomic mass is 9.59. The van der Waals surface area contributed by atoms with Gasteiger partial charge in [0, 0.05) is 43.4 Å². The summed E-state index contributed by atoms with van der Waals surface area (Å²) >= 11 is 5.44. The van der Waals surface area contributed by atoms with Crippen molar-refractivity contribution in [1.82, 2.24) is 0 Å². The quantitative estimate of drug-likeness (QED) is 0.161. The van der Waals surface area contributed by atoms with E-state index in [2.05, 4.69) is 10.6 Å². The molecule has 0 radical (unpaired) electrons. The van der Waals surface area contributed by atoms with Crippen LogP contribution in [-0.2, 0) is 20.8 Å². The van der Waals surface area contributed by atoms with E-state index in [-0.39, 0.29) is 46.9 Å². The molecule has 8 N–H and O–H groups in total. The number of aryl methyl sites for hydroxylation is 1. The molecule has 1 fully saturated rings. The highest BCUT2D eigenvalue weighted by Crippen LogP contribution is 2.54. The number of amides is 1. The second kappa shape index (κ2) is 9.89. The van der Waals surface area contributed by atoms with E-state index in [0.29, 0.717) is 11.3 Å². The summed E-state index contributed by atoms with van der Waals surface area (Å²) < 4.78 is 0. The van der Waals surface area contributed by atoms with Gasteiger partial charge in [0.05, 0.1) is 11.3 Å². The first-order chi connectivity index (χ1) is 19.2. The molecule has 0 aromatic heterocycles. The third kappa shape index (κ3) is 4.39. The van der Waals surface area contributed by atoms with Gasteiger partial charge in [-0.2, -0.15) is 0 Å². The summed E-state index contributed by atoms with van der Waals surface area (Å²) in [5.41, 5.74) is 4.71.